The van der Waals surface area contributed by atoms with Crippen LogP contribution in [0.25, 0.3) is 11.1 Å². The van der Waals surface area contributed by atoms with Gasteiger partial charge in [-0.3, -0.25) is 4.98 Å². The molecule has 0 atom stereocenters. The summed E-state index contributed by atoms with van der Waals surface area (Å²) < 4.78 is 0. The number of aromatic nitrogens is 1. The van der Waals surface area contributed by atoms with Crippen molar-refractivity contribution in [1.29, 1.82) is 5.26 Å². The molecule has 0 spiro atoms. The van der Waals surface area contributed by atoms with Crippen LogP contribution in [0.4, 0.5) is 0 Å². The zero-order valence-electron chi connectivity index (χ0n) is 8.81. The third-order valence-corrected chi connectivity index (χ3v) is 2.42. The molecule has 1 aromatic carbocycles. The van der Waals surface area contributed by atoms with Gasteiger partial charge in [0.1, 0.15) is 5.75 Å². The largest absolute Gasteiger partial charge is 0.506 e. The first kappa shape index (κ1) is 10.2. The van der Waals surface area contributed by atoms with E-state index in [-0.39, 0.29) is 5.75 Å². The Morgan fingerprint density at radius 2 is 2.00 bits per heavy atom. The van der Waals surface area contributed by atoms with Crippen molar-refractivity contribution in [2.75, 3.05) is 0 Å². The van der Waals surface area contributed by atoms with Crippen LogP contribution < -0.4 is 0 Å². The summed E-state index contributed by atoms with van der Waals surface area (Å²) in [5.74, 6) is 0.122. The Morgan fingerprint density at radius 1 is 1.19 bits per heavy atom. The van der Waals surface area contributed by atoms with E-state index >= 15 is 0 Å². The van der Waals surface area contributed by atoms with E-state index in [1.807, 2.05) is 19.1 Å². The highest BCUT2D eigenvalue weighted by molar-refractivity contribution is 5.66. The van der Waals surface area contributed by atoms with Gasteiger partial charge in [0.15, 0.2) is 0 Å². The number of rotatable bonds is 1. The number of nitrogens with zero attached hydrogens (tertiary/aromatic N) is 2. The topological polar surface area (TPSA) is 56.9 Å². The Bertz CT molecular complexity index is 570. The van der Waals surface area contributed by atoms with Crippen LogP contribution in [-0.4, -0.2) is 10.1 Å². The van der Waals surface area contributed by atoms with Crippen LogP contribution in [0.1, 0.15) is 11.1 Å². The lowest BCUT2D eigenvalue weighted by molar-refractivity contribution is 0.473. The predicted molar refractivity (Wildman–Crippen MR) is 60.8 cm³/mol. The van der Waals surface area contributed by atoms with Gasteiger partial charge in [0, 0.05) is 11.8 Å². The van der Waals surface area contributed by atoms with Gasteiger partial charge in [0.05, 0.1) is 17.8 Å². The SMILES string of the molecule is Cc1ccc(-c2cncc(O)c2)cc1C#N. The fourth-order valence-electron chi connectivity index (χ4n) is 1.51. The summed E-state index contributed by atoms with van der Waals surface area (Å²) in [4.78, 5) is 3.91. The molecule has 0 saturated heterocycles. The van der Waals surface area contributed by atoms with E-state index in [1.54, 1.807) is 18.3 Å². The average molecular weight is 210 g/mol. The molecule has 1 aromatic heterocycles. The molecule has 2 aromatic rings. The summed E-state index contributed by atoms with van der Waals surface area (Å²) in [5.41, 5.74) is 3.27. The molecule has 0 fully saturated rings. The molecule has 3 nitrogen and oxygen atoms in total. The maximum absolute atomic E-state index is 9.33. The first-order chi connectivity index (χ1) is 7.70. The molecular weight excluding hydrogens is 200 g/mol. The quantitative estimate of drug-likeness (QED) is 0.787. The lowest BCUT2D eigenvalue weighted by atomic mass is 10.0. The fourth-order valence-corrected chi connectivity index (χ4v) is 1.51. The zero-order chi connectivity index (χ0) is 11.5. The molecule has 0 aliphatic heterocycles. The smallest absolute Gasteiger partial charge is 0.134 e. The zero-order valence-corrected chi connectivity index (χ0v) is 8.81. The van der Waals surface area contributed by atoms with E-state index in [1.165, 1.54) is 6.20 Å². The van der Waals surface area contributed by atoms with Crippen LogP contribution in [0.3, 0.4) is 0 Å². The summed E-state index contributed by atoms with van der Waals surface area (Å²) >= 11 is 0. The van der Waals surface area contributed by atoms with Gasteiger partial charge in [-0.1, -0.05) is 12.1 Å². The molecule has 16 heavy (non-hydrogen) atoms. The summed E-state index contributed by atoms with van der Waals surface area (Å²) in [6, 6.07) is 9.35. The van der Waals surface area contributed by atoms with Crippen molar-refractivity contribution >= 4 is 0 Å². The van der Waals surface area contributed by atoms with Crippen molar-refractivity contribution in [3.8, 4) is 22.9 Å². The van der Waals surface area contributed by atoms with Crippen LogP contribution in [0.5, 0.6) is 5.75 Å². The first-order valence-corrected chi connectivity index (χ1v) is 4.86. The Kier molecular flexibility index (Phi) is 2.57. The van der Waals surface area contributed by atoms with Gasteiger partial charge in [-0.15, -0.1) is 0 Å². The van der Waals surface area contributed by atoms with Crippen LogP contribution in [-0.2, 0) is 0 Å². The molecule has 1 N–H and O–H groups in total. The Hall–Kier alpha value is -2.34. The molecular formula is C13H10N2O. The molecule has 0 unspecified atom stereocenters. The van der Waals surface area contributed by atoms with Gasteiger partial charge < -0.3 is 5.11 Å². The van der Waals surface area contributed by atoms with Crippen molar-refractivity contribution in [1.82, 2.24) is 4.98 Å². The van der Waals surface area contributed by atoms with Crippen molar-refractivity contribution in [3.05, 3.63) is 47.8 Å². The number of hydrogen-bond donors (Lipinski definition) is 1. The van der Waals surface area contributed by atoms with Gasteiger partial charge >= 0.3 is 0 Å². The Labute approximate surface area is 93.6 Å². The summed E-state index contributed by atoms with van der Waals surface area (Å²) in [5, 5.41) is 18.3. The van der Waals surface area contributed by atoms with Gasteiger partial charge in [-0.2, -0.15) is 5.26 Å². The maximum Gasteiger partial charge on any atom is 0.134 e. The predicted octanol–water partition coefficient (Wildman–Crippen LogP) is 2.63. The second kappa shape index (κ2) is 4.03. The molecule has 78 valence electrons. The minimum absolute atomic E-state index is 0.122. The molecule has 0 aliphatic rings. The second-order valence-electron chi connectivity index (χ2n) is 3.57. The Balaban J connectivity index is 2.54. The van der Waals surface area contributed by atoms with Crippen molar-refractivity contribution in [3.63, 3.8) is 0 Å². The van der Waals surface area contributed by atoms with E-state index < -0.39 is 0 Å². The molecule has 2 rings (SSSR count). The highest BCUT2D eigenvalue weighted by Gasteiger charge is 2.03. The number of aromatic hydroxyl groups is 1. The first-order valence-electron chi connectivity index (χ1n) is 4.86. The monoisotopic (exact) mass is 210 g/mol. The van der Waals surface area contributed by atoms with Gasteiger partial charge in [0.25, 0.3) is 0 Å². The summed E-state index contributed by atoms with van der Waals surface area (Å²) in [7, 11) is 0. The number of aryl methyl sites for hydroxylation is 1. The number of nitriles is 1. The van der Waals surface area contributed by atoms with E-state index in [4.69, 9.17) is 5.26 Å². The summed E-state index contributed by atoms with van der Waals surface area (Å²) in [6.45, 7) is 1.89. The maximum atomic E-state index is 9.33. The molecule has 0 saturated carbocycles. The lowest BCUT2D eigenvalue weighted by Crippen LogP contribution is -1.85. The van der Waals surface area contributed by atoms with Crippen LogP contribution in [0.15, 0.2) is 36.7 Å². The second-order valence-corrected chi connectivity index (χ2v) is 3.57. The average Bonchev–Trinajstić information content (AvgIpc) is 2.29. The van der Waals surface area contributed by atoms with E-state index in [0.717, 1.165) is 16.7 Å². The molecule has 0 amide bonds. The van der Waals surface area contributed by atoms with Crippen LogP contribution in [0, 0.1) is 18.3 Å². The standard InChI is InChI=1S/C13H10N2O/c1-9-2-3-10(4-11(9)6-14)12-5-13(16)8-15-7-12/h2-5,7-8,16H,1H3. The highest BCUT2D eigenvalue weighted by atomic mass is 16.3. The number of hydrogen-bond acceptors (Lipinski definition) is 3. The third kappa shape index (κ3) is 1.86. The minimum Gasteiger partial charge on any atom is -0.506 e. The molecule has 3 heteroatoms. The lowest BCUT2D eigenvalue weighted by Gasteiger charge is -2.04. The van der Waals surface area contributed by atoms with E-state index in [2.05, 4.69) is 11.1 Å². The number of benzene rings is 1. The van der Waals surface area contributed by atoms with Crippen LogP contribution in [0.2, 0.25) is 0 Å². The van der Waals surface area contributed by atoms with Gasteiger partial charge in [-0.05, 0) is 30.2 Å². The summed E-state index contributed by atoms with van der Waals surface area (Å²) in [6.07, 6.45) is 3.04. The van der Waals surface area contributed by atoms with Gasteiger partial charge in [-0.25, -0.2) is 0 Å². The minimum atomic E-state index is 0.122. The molecule has 0 bridgehead atoms. The molecule has 1 heterocycles. The van der Waals surface area contributed by atoms with Crippen molar-refractivity contribution in [2.24, 2.45) is 0 Å². The normalized spacial score (nSPS) is 9.75. The Morgan fingerprint density at radius 3 is 2.69 bits per heavy atom. The number of pyridine rings is 1. The van der Waals surface area contributed by atoms with Crippen molar-refractivity contribution in [2.45, 2.75) is 6.92 Å². The highest BCUT2D eigenvalue weighted by Crippen LogP contribution is 2.23. The van der Waals surface area contributed by atoms with E-state index in [9.17, 15) is 5.11 Å². The van der Waals surface area contributed by atoms with Crippen LogP contribution >= 0.6 is 0 Å². The molecule has 0 radical (unpaired) electrons. The van der Waals surface area contributed by atoms with Gasteiger partial charge in [0.2, 0.25) is 0 Å². The fraction of sp³-hybridized carbons (Fsp3) is 0.0769. The van der Waals surface area contributed by atoms with Crippen molar-refractivity contribution < 1.29 is 5.11 Å². The van der Waals surface area contributed by atoms with E-state index in [0.29, 0.717) is 5.56 Å². The third-order valence-electron chi connectivity index (χ3n) is 2.42. The molecule has 0 aliphatic carbocycles.